The summed E-state index contributed by atoms with van der Waals surface area (Å²) in [7, 11) is 0. The van der Waals surface area contributed by atoms with Crippen LogP contribution in [-0.4, -0.2) is 10.9 Å². The van der Waals surface area contributed by atoms with Crippen LogP contribution in [0.5, 0.6) is 0 Å². The van der Waals surface area contributed by atoms with Gasteiger partial charge in [0.05, 0.1) is 5.69 Å². The molecule has 100 valence electrons. The van der Waals surface area contributed by atoms with Crippen LogP contribution in [0.1, 0.15) is 23.1 Å². The van der Waals surface area contributed by atoms with E-state index in [1.807, 2.05) is 13.0 Å². The summed E-state index contributed by atoms with van der Waals surface area (Å²) in [4.78, 5) is 16.4. The van der Waals surface area contributed by atoms with Crippen molar-refractivity contribution in [2.45, 2.75) is 20.3 Å². The Labute approximate surface area is 125 Å². The van der Waals surface area contributed by atoms with E-state index in [-0.39, 0.29) is 5.91 Å². The monoisotopic (exact) mass is 314 g/mol. The normalized spacial score (nSPS) is 10.5. The van der Waals surface area contributed by atoms with Gasteiger partial charge in [-0.05, 0) is 30.7 Å². The smallest absolute Gasteiger partial charge is 0.223 e. The molecule has 0 aliphatic carbocycles. The fourth-order valence-corrected chi connectivity index (χ4v) is 3.06. The molecule has 1 amide bonds. The minimum absolute atomic E-state index is 0.124. The van der Waals surface area contributed by atoms with E-state index < -0.39 is 0 Å². The number of carbonyl (C=O) groups excluding carboxylic acids is 1. The lowest BCUT2D eigenvalue weighted by Crippen LogP contribution is -2.04. The lowest BCUT2D eigenvalue weighted by atomic mass is 10.1. The third kappa shape index (κ3) is 3.69. The Hall–Kier alpha value is -1.10. The van der Waals surface area contributed by atoms with Crippen molar-refractivity contribution in [3.8, 4) is 0 Å². The van der Waals surface area contributed by atoms with Gasteiger partial charge >= 0.3 is 0 Å². The molecule has 0 saturated heterocycles. The Morgan fingerprint density at radius 1 is 1.42 bits per heavy atom. The summed E-state index contributed by atoms with van der Waals surface area (Å²) in [6.07, 6.45) is 0.655. The quantitative estimate of drug-likeness (QED) is 0.917. The van der Waals surface area contributed by atoms with E-state index in [4.69, 9.17) is 23.2 Å². The molecule has 1 N–H and O–H groups in total. The van der Waals surface area contributed by atoms with E-state index in [0.717, 1.165) is 16.1 Å². The van der Waals surface area contributed by atoms with Crippen LogP contribution in [0.4, 0.5) is 5.13 Å². The van der Waals surface area contributed by atoms with Gasteiger partial charge in [-0.1, -0.05) is 23.2 Å². The number of amides is 1. The van der Waals surface area contributed by atoms with Gasteiger partial charge in [-0.2, -0.15) is 0 Å². The summed E-state index contributed by atoms with van der Waals surface area (Å²) >= 11 is 13.6. The van der Waals surface area contributed by atoms with E-state index in [1.54, 1.807) is 12.1 Å². The highest BCUT2D eigenvalue weighted by atomic mass is 35.5. The molecule has 0 aliphatic rings. The number of benzene rings is 1. The molecule has 2 rings (SSSR count). The van der Waals surface area contributed by atoms with E-state index >= 15 is 0 Å². The number of halogens is 2. The number of hydrogen-bond donors (Lipinski definition) is 1. The first-order valence-corrected chi connectivity index (χ1v) is 7.21. The second-order valence-corrected chi connectivity index (χ2v) is 6.05. The molecule has 0 fully saturated rings. The van der Waals surface area contributed by atoms with Crippen molar-refractivity contribution in [3.05, 3.63) is 44.4 Å². The lowest BCUT2D eigenvalue weighted by Gasteiger charge is -2.03. The molecule has 6 heteroatoms. The molecular formula is C13H12Cl2N2OS. The first-order valence-electron chi connectivity index (χ1n) is 5.63. The summed E-state index contributed by atoms with van der Waals surface area (Å²) < 4.78 is 0. The van der Waals surface area contributed by atoms with E-state index in [2.05, 4.69) is 10.3 Å². The molecular weight excluding hydrogens is 303 g/mol. The summed E-state index contributed by atoms with van der Waals surface area (Å²) in [5.74, 6) is -0.124. The largest absolute Gasteiger partial charge is 0.302 e. The number of hydrogen-bond acceptors (Lipinski definition) is 3. The maximum atomic E-state index is 11.0. The maximum Gasteiger partial charge on any atom is 0.223 e. The van der Waals surface area contributed by atoms with Crippen LogP contribution in [0.3, 0.4) is 0 Å². The first-order chi connectivity index (χ1) is 8.95. The Kier molecular flexibility index (Phi) is 4.45. The molecule has 0 unspecified atom stereocenters. The number of anilines is 1. The van der Waals surface area contributed by atoms with E-state index in [1.165, 1.54) is 18.3 Å². The van der Waals surface area contributed by atoms with E-state index in [0.29, 0.717) is 21.6 Å². The van der Waals surface area contributed by atoms with Crippen LogP contribution in [0.15, 0.2) is 18.2 Å². The van der Waals surface area contributed by atoms with Gasteiger partial charge in [0.2, 0.25) is 5.91 Å². The molecule has 0 aliphatic heterocycles. The van der Waals surface area contributed by atoms with Crippen molar-refractivity contribution in [2.75, 3.05) is 5.32 Å². The molecule has 0 saturated carbocycles. The van der Waals surface area contributed by atoms with Crippen LogP contribution < -0.4 is 5.32 Å². The number of rotatable bonds is 3. The third-order valence-electron chi connectivity index (χ3n) is 2.53. The molecule has 0 spiro atoms. The summed E-state index contributed by atoms with van der Waals surface area (Å²) in [6.45, 7) is 3.37. The predicted molar refractivity (Wildman–Crippen MR) is 80.4 cm³/mol. The highest BCUT2D eigenvalue weighted by Gasteiger charge is 2.11. The maximum absolute atomic E-state index is 11.0. The molecule has 1 aromatic heterocycles. The molecule has 19 heavy (non-hydrogen) atoms. The average Bonchev–Trinajstić information content (AvgIpc) is 2.63. The van der Waals surface area contributed by atoms with Gasteiger partial charge < -0.3 is 5.32 Å². The highest BCUT2D eigenvalue weighted by Crippen LogP contribution is 2.29. The number of aryl methyl sites for hydroxylation is 1. The second kappa shape index (κ2) is 5.90. The van der Waals surface area contributed by atoms with Gasteiger partial charge in [0, 0.05) is 28.3 Å². The van der Waals surface area contributed by atoms with Gasteiger partial charge in [-0.15, -0.1) is 11.3 Å². The zero-order valence-corrected chi connectivity index (χ0v) is 12.8. The molecule has 0 atom stereocenters. The Morgan fingerprint density at radius 3 is 2.84 bits per heavy atom. The number of aromatic nitrogens is 1. The first kappa shape index (κ1) is 14.3. The zero-order chi connectivity index (χ0) is 14.0. The van der Waals surface area contributed by atoms with Gasteiger partial charge in [-0.25, -0.2) is 4.98 Å². The molecule has 1 heterocycles. The van der Waals surface area contributed by atoms with Crippen molar-refractivity contribution in [1.82, 2.24) is 4.98 Å². The molecule has 2 aromatic rings. The summed E-state index contributed by atoms with van der Waals surface area (Å²) in [5.41, 5.74) is 1.85. The topological polar surface area (TPSA) is 42.0 Å². The van der Waals surface area contributed by atoms with Crippen molar-refractivity contribution >= 4 is 45.6 Å². The van der Waals surface area contributed by atoms with Crippen molar-refractivity contribution in [3.63, 3.8) is 0 Å². The van der Waals surface area contributed by atoms with Crippen molar-refractivity contribution in [2.24, 2.45) is 0 Å². The minimum atomic E-state index is -0.124. The fraction of sp³-hybridized carbons (Fsp3) is 0.231. The van der Waals surface area contributed by atoms with Crippen LogP contribution in [0, 0.1) is 6.92 Å². The van der Waals surface area contributed by atoms with Gasteiger partial charge in [0.15, 0.2) is 5.13 Å². The highest BCUT2D eigenvalue weighted by molar-refractivity contribution is 7.15. The number of carbonyl (C=O) groups is 1. The molecule has 0 radical (unpaired) electrons. The van der Waals surface area contributed by atoms with Crippen molar-refractivity contribution in [1.29, 1.82) is 0 Å². The molecule has 3 nitrogen and oxygen atoms in total. The van der Waals surface area contributed by atoms with E-state index in [9.17, 15) is 4.79 Å². The van der Waals surface area contributed by atoms with Gasteiger partial charge in [-0.3, -0.25) is 4.79 Å². The predicted octanol–water partition coefficient (Wildman–Crippen LogP) is 4.31. The summed E-state index contributed by atoms with van der Waals surface area (Å²) in [5, 5.41) is 4.63. The molecule has 1 aromatic carbocycles. The number of nitrogens with one attached hydrogen (secondary N) is 1. The SMILES string of the molecule is CC(=O)Nc1nc(C)c(Cc2cc(Cl)ccc2Cl)s1. The Balaban J connectivity index is 2.25. The minimum Gasteiger partial charge on any atom is -0.302 e. The molecule has 0 bridgehead atoms. The second-order valence-electron chi connectivity index (χ2n) is 4.12. The van der Waals surface area contributed by atoms with Crippen LogP contribution in [-0.2, 0) is 11.2 Å². The van der Waals surface area contributed by atoms with Crippen LogP contribution in [0.2, 0.25) is 10.0 Å². The summed E-state index contributed by atoms with van der Waals surface area (Å²) in [6, 6.07) is 5.39. The van der Waals surface area contributed by atoms with Gasteiger partial charge in [0.25, 0.3) is 0 Å². The van der Waals surface area contributed by atoms with Crippen molar-refractivity contribution < 1.29 is 4.79 Å². The Morgan fingerprint density at radius 2 is 2.16 bits per heavy atom. The number of thiazole rings is 1. The fourth-order valence-electron chi connectivity index (χ4n) is 1.65. The van der Waals surface area contributed by atoms with Gasteiger partial charge in [0.1, 0.15) is 0 Å². The van der Waals surface area contributed by atoms with Crippen LogP contribution in [0.25, 0.3) is 0 Å². The standard InChI is InChI=1S/C13H12Cl2N2OS/c1-7-12(19-13(16-7)17-8(2)18)6-9-5-10(14)3-4-11(9)15/h3-5H,6H2,1-2H3,(H,16,17,18). The average molecular weight is 315 g/mol. The van der Waals surface area contributed by atoms with Crippen LogP contribution >= 0.6 is 34.5 Å². The lowest BCUT2D eigenvalue weighted by molar-refractivity contribution is -0.114. The third-order valence-corrected chi connectivity index (χ3v) is 4.21. The number of nitrogens with zero attached hydrogens (tertiary/aromatic N) is 1. The Bertz CT molecular complexity index is 625. The zero-order valence-electron chi connectivity index (χ0n) is 10.5.